The Balaban J connectivity index is 3.85. The molecular weight excluding hydrogens is 232 g/mol. The number of carbonyl (C=O) groups excluding carboxylic acids is 1. The number of carboxylic acids is 1. The van der Waals surface area contributed by atoms with Crippen molar-refractivity contribution in [3.05, 3.63) is 0 Å². The second-order valence-corrected chi connectivity index (χ2v) is 4.55. The molecule has 18 heavy (non-hydrogen) atoms. The zero-order valence-electron chi connectivity index (χ0n) is 11.3. The van der Waals surface area contributed by atoms with Crippen LogP contribution in [0.4, 0.5) is 0 Å². The second kappa shape index (κ2) is 11.0. The van der Waals surface area contributed by atoms with Crippen molar-refractivity contribution in [3.63, 3.8) is 0 Å². The zero-order valence-corrected chi connectivity index (χ0v) is 11.3. The molecule has 0 unspecified atom stereocenters. The normalized spacial score (nSPS) is 12.1. The Morgan fingerprint density at radius 2 is 1.89 bits per heavy atom. The second-order valence-electron chi connectivity index (χ2n) is 4.55. The number of amides is 1. The van der Waals surface area contributed by atoms with Gasteiger partial charge in [0.2, 0.25) is 5.91 Å². The van der Waals surface area contributed by atoms with Crippen LogP contribution in [0.15, 0.2) is 0 Å². The van der Waals surface area contributed by atoms with Crippen LogP contribution in [0.2, 0.25) is 0 Å². The van der Waals surface area contributed by atoms with Gasteiger partial charge in [0.1, 0.15) is 6.04 Å². The smallest absolute Gasteiger partial charge is 0.326 e. The van der Waals surface area contributed by atoms with E-state index >= 15 is 0 Å². The first-order valence-corrected chi connectivity index (χ1v) is 6.84. The number of carbonyl (C=O) groups is 2. The first-order chi connectivity index (χ1) is 8.61. The molecule has 0 saturated carbocycles. The maximum Gasteiger partial charge on any atom is 0.326 e. The monoisotopic (exact) mass is 258 g/mol. The van der Waals surface area contributed by atoms with Gasteiger partial charge in [-0.15, -0.1) is 0 Å². The molecule has 0 aromatic heterocycles. The summed E-state index contributed by atoms with van der Waals surface area (Å²) in [5.74, 6) is -1.12. The standard InChI is InChI=1S/C13H26N2O3/c1-2-3-4-5-9-12(16)15-11(13(17)18)8-6-7-10-14/h11H,2-10,14H2,1H3,(H,15,16)(H,17,18)/t11-/m0/s1. The van der Waals surface area contributed by atoms with Crippen molar-refractivity contribution in [1.29, 1.82) is 0 Å². The number of rotatable bonds is 11. The van der Waals surface area contributed by atoms with Crippen LogP contribution >= 0.6 is 0 Å². The van der Waals surface area contributed by atoms with Crippen molar-refractivity contribution in [2.24, 2.45) is 5.73 Å². The molecular formula is C13H26N2O3. The Labute approximate surface area is 109 Å². The summed E-state index contributed by atoms with van der Waals surface area (Å²) in [7, 11) is 0. The number of carboxylic acid groups (broad SMARTS) is 1. The van der Waals surface area contributed by atoms with Crippen LogP contribution in [0.1, 0.15) is 58.3 Å². The summed E-state index contributed by atoms with van der Waals surface area (Å²) >= 11 is 0. The molecule has 0 aromatic rings. The van der Waals surface area contributed by atoms with Crippen molar-refractivity contribution in [2.45, 2.75) is 64.3 Å². The van der Waals surface area contributed by atoms with Crippen LogP contribution in [-0.2, 0) is 9.59 Å². The number of nitrogens with one attached hydrogen (secondary N) is 1. The topological polar surface area (TPSA) is 92.4 Å². The molecule has 0 rings (SSSR count). The largest absolute Gasteiger partial charge is 0.480 e. The van der Waals surface area contributed by atoms with E-state index in [9.17, 15) is 9.59 Å². The van der Waals surface area contributed by atoms with E-state index < -0.39 is 12.0 Å². The lowest BCUT2D eigenvalue weighted by atomic mass is 10.1. The van der Waals surface area contributed by atoms with Crippen LogP contribution in [0.5, 0.6) is 0 Å². The number of aliphatic carboxylic acids is 1. The fourth-order valence-electron chi connectivity index (χ4n) is 1.73. The molecule has 0 bridgehead atoms. The lowest BCUT2D eigenvalue weighted by Gasteiger charge is -2.14. The molecule has 0 aliphatic rings. The third-order valence-corrected chi connectivity index (χ3v) is 2.84. The van der Waals surface area contributed by atoms with Gasteiger partial charge in [0.05, 0.1) is 0 Å². The van der Waals surface area contributed by atoms with Gasteiger partial charge in [0, 0.05) is 6.42 Å². The van der Waals surface area contributed by atoms with Gasteiger partial charge in [-0.25, -0.2) is 4.79 Å². The molecule has 0 aromatic carbocycles. The molecule has 5 nitrogen and oxygen atoms in total. The zero-order chi connectivity index (χ0) is 13.8. The Hall–Kier alpha value is -1.10. The molecule has 1 atom stereocenters. The maximum absolute atomic E-state index is 11.6. The maximum atomic E-state index is 11.6. The SMILES string of the molecule is CCCCCCC(=O)N[C@@H](CCCCN)C(=O)O. The molecule has 0 spiro atoms. The molecule has 5 heteroatoms. The third kappa shape index (κ3) is 8.98. The number of hydrogen-bond acceptors (Lipinski definition) is 3. The van der Waals surface area contributed by atoms with Crippen LogP contribution < -0.4 is 11.1 Å². The summed E-state index contributed by atoms with van der Waals surface area (Å²) in [6.07, 6.45) is 6.47. The van der Waals surface area contributed by atoms with Gasteiger partial charge in [0.25, 0.3) is 0 Å². The summed E-state index contributed by atoms with van der Waals surface area (Å²) in [4.78, 5) is 22.5. The summed E-state index contributed by atoms with van der Waals surface area (Å²) < 4.78 is 0. The van der Waals surface area contributed by atoms with Crippen molar-refractivity contribution in [3.8, 4) is 0 Å². The lowest BCUT2D eigenvalue weighted by Crippen LogP contribution is -2.40. The predicted octanol–water partition coefficient (Wildman–Crippen LogP) is 1.66. The van der Waals surface area contributed by atoms with E-state index in [0.29, 0.717) is 19.4 Å². The van der Waals surface area contributed by atoms with Gasteiger partial charge in [-0.3, -0.25) is 4.79 Å². The minimum atomic E-state index is -0.964. The summed E-state index contributed by atoms with van der Waals surface area (Å²) in [5, 5.41) is 11.6. The van der Waals surface area contributed by atoms with E-state index in [1.165, 1.54) is 0 Å². The predicted molar refractivity (Wildman–Crippen MR) is 71.2 cm³/mol. The van der Waals surface area contributed by atoms with Crippen molar-refractivity contribution >= 4 is 11.9 Å². The van der Waals surface area contributed by atoms with E-state index in [2.05, 4.69) is 12.2 Å². The van der Waals surface area contributed by atoms with Crippen molar-refractivity contribution in [1.82, 2.24) is 5.32 Å². The highest BCUT2D eigenvalue weighted by Crippen LogP contribution is 2.04. The van der Waals surface area contributed by atoms with E-state index in [-0.39, 0.29) is 5.91 Å². The number of hydrogen-bond donors (Lipinski definition) is 3. The van der Waals surface area contributed by atoms with Gasteiger partial charge in [0.15, 0.2) is 0 Å². The Kier molecular flexibility index (Phi) is 10.3. The molecule has 0 aliphatic heterocycles. The van der Waals surface area contributed by atoms with Gasteiger partial charge in [-0.05, 0) is 32.2 Å². The lowest BCUT2D eigenvalue weighted by molar-refractivity contribution is -0.142. The molecule has 0 heterocycles. The molecule has 1 amide bonds. The van der Waals surface area contributed by atoms with E-state index in [0.717, 1.165) is 38.5 Å². The number of nitrogens with two attached hydrogens (primary N) is 1. The third-order valence-electron chi connectivity index (χ3n) is 2.84. The van der Waals surface area contributed by atoms with Gasteiger partial charge < -0.3 is 16.2 Å². The first kappa shape index (κ1) is 16.9. The highest BCUT2D eigenvalue weighted by Gasteiger charge is 2.18. The number of unbranched alkanes of at least 4 members (excludes halogenated alkanes) is 4. The molecule has 0 fully saturated rings. The quantitative estimate of drug-likeness (QED) is 0.491. The summed E-state index contributed by atoms with van der Waals surface area (Å²) in [6, 6.07) is -0.768. The van der Waals surface area contributed by atoms with Gasteiger partial charge >= 0.3 is 5.97 Å². The fraction of sp³-hybridized carbons (Fsp3) is 0.846. The highest BCUT2D eigenvalue weighted by atomic mass is 16.4. The highest BCUT2D eigenvalue weighted by molar-refractivity contribution is 5.83. The molecule has 0 saturated heterocycles. The molecule has 0 radical (unpaired) electrons. The van der Waals surface area contributed by atoms with E-state index in [1.54, 1.807) is 0 Å². The van der Waals surface area contributed by atoms with Crippen LogP contribution in [-0.4, -0.2) is 29.6 Å². The minimum Gasteiger partial charge on any atom is -0.480 e. The van der Waals surface area contributed by atoms with Crippen molar-refractivity contribution < 1.29 is 14.7 Å². The van der Waals surface area contributed by atoms with E-state index in [1.807, 2.05) is 0 Å². The fourth-order valence-corrected chi connectivity index (χ4v) is 1.73. The van der Waals surface area contributed by atoms with Crippen LogP contribution in [0, 0.1) is 0 Å². The van der Waals surface area contributed by atoms with Crippen LogP contribution in [0.3, 0.4) is 0 Å². The van der Waals surface area contributed by atoms with E-state index in [4.69, 9.17) is 10.8 Å². The molecule has 0 aliphatic carbocycles. The molecule has 4 N–H and O–H groups in total. The first-order valence-electron chi connectivity index (χ1n) is 6.84. The van der Waals surface area contributed by atoms with Crippen LogP contribution in [0.25, 0.3) is 0 Å². The summed E-state index contributed by atoms with van der Waals surface area (Å²) in [5.41, 5.74) is 5.35. The Morgan fingerprint density at radius 3 is 2.44 bits per heavy atom. The van der Waals surface area contributed by atoms with Gasteiger partial charge in [-0.2, -0.15) is 0 Å². The average molecular weight is 258 g/mol. The average Bonchev–Trinajstić information content (AvgIpc) is 2.33. The molecule has 106 valence electrons. The van der Waals surface area contributed by atoms with Gasteiger partial charge in [-0.1, -0.05) is 26.2 Å². The van der Waals surface area contributed by atoms with Crippen molar-refractivity contribution in [2.75, 3.05) is 6.54 Å². The minimum absolute atomic E-state index is 0.161. The Bertz CT molecular complexity index is 244. The summed E-state index contributed by atoms with van der Waals surface area (Å²) in [6.45, 7) is 2.66. The Morgan fingerprint density at radius 1 is 1.17 bits per heavy atom.